The third-order valence-corrected chi connectivity index (χ3v) is 3.96. The van der Waals surface area contributed by atoms with Gasteiger partial charge in [0.05, 0.1) is 5.60 Å². The molecular weight excluding hydrogens is 224 g/mol. The minimum atomic E-state index is -0.507. The number of nitrogens with zero attached hydrogens (tertiary/aromatic N) is 1. The van der Waals surface area contributed by atoms with Crippen LogP contribution in [0.2, 0.25) is 0 Å². The lowest BCUT2D eigenvalue weighted by Crippen LogP contribution is -2.41. The van der Waals surface area contributed by atoms with Gasteiger partial charge in [0.2, 0.25) is 0 Å². The Balaban J connectivity index is 1.86. The van der Waals surface area contributed by atoms with E-state index in [9.17, 15) is 5.11 Å². The topological polar surface area (TPSA) is 45.1 Å². The molecule has 2 rings (SSSR count). The van der Waals surface area contributed by atoms with Crippen molar-refractivity contribution < 1.29 is 5.11 Å². The quantitative estimate of drug-likeness (QED) is 0.805. The Morgan fingerprint density at radius 3 is 2.67 bits per heavy atom. The molecule has 1 fully saturated rings. The van der Waals surface area contributed by atoms with Crippen LogP contribution < -0.4 is 5.32 Å². The maximum atomic E-state index is 10.6. The number of nitrogens with one attached hydrogen (secondary N) is 1. The predicted octanol–water partition coefficient (Wildman–Crippen LogP) is 2.82. The van der Waals surface area contributed by atoms with E-state index in [-0.39, 0.29) is 6.04 Å². The number of aliphatic hydroxyl groups is 1. The van der Waals surface area contributed by atoms with Crippen LogP contribution in [-0.4, -0.2) is 22.2 Å². The molecule has 2 N–H and O–H groups in total. The van der Waals surface area contributed by atoms with Gasteiger partial charge in [-0.1, -0.05) is 31.7 Å². The van der Waals surface area contributed by atoms with Crippen LogP contribution in [0.15, 0.2) is 24.5 Å². The van der Waals surface area contributed by atoms with Gasteiger partial charge in [-0.3, -0.25) is 4.98 Å². The zero-order valence-electron chi connectivity index (χ0n) is 11.2. The smallest absolute Gasteiger partial charge is 0.0771 e. The molecule has 3 nitrogen and oxygen atoms in total. The van der Waals surface area contributed by atoms with Crippen LogP contribution in [0.3, 0.4) is 0 Å². The van der Waals surface area contributed by atoms with Crippen molar-refractivity contribution in [2.75, 3.05) is 6.54 Å². The van der Waals surface area contributed by atoms with E-state index in [1.54, 1.807) is 6.20 Å². The SMILES string of the molecule is CC(NCC1(O)CCCCCC1)c1cccnc1. The van der Waals surface area contributed by atoms with E-state index in [2.05, 4.69) is 23.3 Å². The second-order valence-electron chi connectivity index (χ2n) is 5.53. The van der Waals surface area contributed by atoms with Gasteiger partial charge in [0.1, 0.15) is 0 Å². The Bertz CT molecular complexity index is 345. The van der Waals surface area contributed by atoms with Crippen molar-refractivity contribution >= 4 is 0 Å². The zero-order chi connectivity index (χ0) is 12.8. The van der Waals surface area contributed by atoms with Crippen LogP contribution in [-0.2, 0) is 0 Å². The first-order valence-electron chi connectivity index (χ1n) is 7.05. The number of pyridine rings is 1. The lowest BCUT2D eigenvalue weighted by atomic mass is 9.94. The van der Waals surface area contributed by atoms with Gasteiger partial charge in [0, 0.05) is 25.0 Å². The molecule has 0 saturated heterocycles. The van der Waals surface area contributed by atoms with Gasteiger partial charge in [0.25, 0.3) is 0 Å². The van der Waals surface area contributed by atoms with E-state index >= 15 is 0 Å². The fraction of sp³-hybridized carbons (Fsp3) is 0.667. The predicted molar refractivity (Wildman–Crippen MR) is 73.3 cm³/mol. The van der Waals surface area contributed by atoms with Gasteiger partial charge in [0.15, 0.2) is 0 Å². The first-order valence-corrected chi connectivity index (χ1v) is 7.05. The average molecular weight is 248 g/mol. The van der Waals surface area contributed by atoms with E-state index in [1.165, 1.54) is 18.4 Å². The standard InChI is InChI=1S/C15H24N2O/c1-13(14-7-6-10-16-11-14)17-12-15(18)8-4-2-3-5-9-15/h6-7,10-11,13,17-18H,2-5,8-9,12H2,1H3. The van der Waals surface area contributed by atoms with E-state index in [1.807, 2.05) is 12.3 Å². The summed E-state index contributed by atoms with van der Waals surface area (Å²) in [5, 5.41) is 14.0. The second-order valence-corrected chi connectivity index (χ2v) is 5.53. The summed E-state index contributed by atoms with van der Waals surface area (Å²) < 4.78 is 0. The van der Waals surface area contributed by atoms with Crippen molar-refractivity contribution in [1.82, 2.24) is 10.3 Å². The Hall–Kier alpha value is -0.930. The minimum absolute atomic E-state index is 0.242. The highest BCUT2D eigenvalue weighted by Gasteiger charge is 2.28. The average Bonchev–Trinajstić information content (AvgIpc) is 2.62. The molecule has 1 unspecified atom stereocenters. The molecule has 0 aliphatic heterocycles. The van der Waals surface area contributed by atoms with Gasteiger partial charge in [-0.2, -0.15) is 0 Å². The molecule has 0 spiro atoms. The number of hydrogen-bond donors (Lipinski definition) is 2. The van der Waals surface area contributed by atoms with E-state index in [0.29, 0.717) is 6.54 Å². The Morgan fingerprint density at radius 1 is 1.33 bits per heavy atom. The highest BCUT2D eigenvalue weighted by Crippen LogP contribution is 2.27. The number of hydrogen-bond acceptors (Lipinski definition) is 3. The third kappa shape index (κ3) is 3.79. The molecule has 0 aromatic carbocycles. The second kappa shape index (κ2) is 6.30. The minimum Gasteiger partial charge on any atom is -0.389 e. The maximum Gasteiger partial charge on any atom is 0.0771 e. The van der Waals surface area contributed by atoms with Crippen LogP contribution in [0.25, 0.3) is 0 Å². The summed E-state index contributed by atoms with van der Waals surface area (Å²) >= 11 is 0. The molecular formula is C15H24N2O. The van der Waals surface area contributed by atoms with Crippen LogP contribution in [0.1, 0.15) is 57.1 Å². The summed E-state index contributed by atoms with van der Waals surface area (Å²) in [6.45, 7) is 2.81. The summed E-state index contributed by atoms with van der Waals surface area (Å²) in [5.74, 6) is 0. The lowest BCUT2D eigenvalue weighted by Gasteiger charge is -2.28. The third-order valence-electron chi connectivity index (χ3n) is 3.96. The molecule has 100 valence electrons. The Kier molecular flexibility index (Phi) is 4.72. The fourth-order valence-electron chi connectivity index (χ4n) is 2.66. The molecule has 1 atom stereocenters. The summed E-state index contributed by atoms with van der Waals surface area (Å²) in [7, 11) is 0. The normalized spacial score (nSPS) is 21.2. The first kappa shape index (κ1) is 13.5. The van der Waals surface area contributed by atoms with Crippen molar-refractivity contribution in [3.63, 3.8) is 0 Å². The van der Waals surface area contributed by atoms with E-state index in [0.717, 1.165) is 25.7 Å². The molecule has 0 amide bonds. The fourth-order valence-corrected chi connectivity index (χ4v) is 2.66. The number of rotatable bonds is 4. The molecule has 0 radical (unpaired) electrons. The molecule has 3 heteroatoms. The van der Waals surface area contributed by atoms with E-state index < -0.39 is 5.60 Å². The monoisotopic (exact) mass is 248 g/mol. The molecule has 1 aliphatic carbocycles. The van der Waals surface area contributed by atoms with E-state index in [4.69, 9.17) is 0 Å². The molecule has 1 aliphatic rings. The van der Waals surface area contributed by atoms with Crippen molar-refractivity contribution in [3.05, 3.63) is 30.1 Å². The first-order chi connectivity index (χ1) is 8.70. The van der Waals surface area contributed by atoms with Crippen molar-refractivity contribution in [1.29, 1.82) is 0 Å². The molecule has 1 aromatic heterocycles. The number of aromatic nitrogens is 1. The highest BCUT2D eigenvalue weighted by molar-refractivity contribution is 5.12. The van der Waals surface area contributed by atoms with Crippen molar-refractivity contribution in [3.8, 4) is 0 Å². The molecule has 1 heterocycles. The van der Waals surface area contributed by atoms with Crippen molar-refractivity contribution in [2.24, 2.45) is 0 Å². The molecule has 0 bridgehead atoms. The Morgan fingerprint density at radius 2 is 2.06 bits per heavy atom. The Labute approximate surface area is 110 Å². The zero-order valence-corrected chi connectivity index (χ0v) is 11.2. The summed E-state index contributed by atoms with van der Waals surface area (Å²) in [6.07, 6.45) is 10.4. The van der Waals surface area contributed by atoms with Crippen LogP contribution in [0.5, 0.6) is 0 Å². The van der Waals surface area contributed by atoms with Gasteiger partial charge in [-0.25, -0.2) is 0 Å². The highest BCUT2D eigenvalue weighted by atomic mass is 16.3. The molecule has 1 aromatic rings. The molecule has 1 saturated carbocycles. The molecule has 18 heavy (non-hydrogen) atoms. The summed E-state index contributed by atoms with van der Waals surface area (Å²) in [4.78, 5) is 4.13. The summed E-state index contributed by atoms with van der Waals surface area (Å²) in [5.41, 5.74) is 0.669. The van der Waals surface area contributed by atoms with Crippen LogP contribution in [0.4, 0.5) is 0 Å². The van der Waals surface area contributed by atoms with Crippen LogP contribution in [0, 0.1) is 0 Å². The van der Waals surface area contributed by atoms with Gasteiger partial charge in [-0.05, 0) is 31.4 Å². The van der Waals surface area contributed by atoms with Crippen molar-refractivity contribution in [2.45, 2.75) is 57.1 Å². The lowest BCUT2D eigenvalue weighted by molar-refractivity contribution is 0.0231. The van der Waals surface area contributed by atoms with Gasteiger partial charge in [-0.15, -0.1) is 0 Å². The maximum absolute atomic E-state index is 10.6. The van der Waals surface area contributed by atoms with Crippen LogP contribution >= 0.6 is 0 Å². The van der Waals surface area contributed by atoms with Gasteiger partial charge < -0.3 is 10.4 Å². The largest absolute Gasteiger partial charge is 0.389 e. The summed E-state index contributed by atoms with van der Waals surface area (Å²) in [6, 6.07) is 4.27. The van der Waals surface area contributed by atoms with Gasteiger partial charge >= 0.3 is 0 Å².